The third-order valence-corrected chi connectivity index (χ3v) is 4.74. The molecule has 0 fully saturated rings. The van der Waals surface area contributed by atoms with Gasteiger partial charge in [-0.1, -0.05) is 46.3 Å². The van der Waals surface area contributed by atoms with E-state index < -0.39 is 0 Å². The molecule has 0 saturated carbocycles. The molecule has 0 amide bonds. The van der Waals surface area contributed by atoms with Crippen molar-refractivity contribution in [1.82, 2.24) is 4.90 Å². The van der Waals surface area contributed by atoms with Crippen molar-refractivity contribution in [2.45, 2.75) is 11.4 Å². The Labute approximate surface area is 138 Å². The predicted octanol–water partition coefficient (Wildman–Crippen LogP) is 4.49. The summed E-state index contributed by atoms with van der Waals surface area (Å²) in [5, 5.41) is 0. The molecule has 0 aliphatic rings. The normalized spacial score (nSPS) is 10.9. The first-order chi connectivity index (χ1) is 10.1. The van der Waals surface area contributed by atoms with Gasteiger partial charge in [0.1, 0.15) is 0 Å². The molecule has 2 nitrogen and oxygen atoms in total. The number of hydrogen-bond acceptors (Lipinski definition) is 3. The van der Waals surface area contributed by atoms with E-state index in [1.807, 2.05) is 60.7 Å². The molecule has 0 bridgehead atoms. The topological polar surface area (TPSA) is 20.3 Å². The highest BCUT2D eigenvalue weighted by atomic mass is 79.9. The Balaban J connectivity index is 1.97. The van der Waals surface area contributed by atoms with Crippen molar-refractivity contribution >= 4 is 33.5 Å². The number of benzene rings is 2. The molecule has 0 unspecified atom stereocenters. The van der Waals surface area contributed by atoms with Crippen molar-refractivity contribution in [3.8, 4) is 0 Å². The van der Waals surface area contributed by atoms with Crippen LogP contribution in [0, 0.1) is 0 Å². The molecule has 0 N–H and O–H groups in total. The van der Waals surface area contributed by atoms with Gasteiger partial charge in [0.25, 0.3) is 0 Å². The van der Waals surface area contributed by atoms with Crippen molar-refractivity contribution in [3.63, 3.8) is 0 Å². The molecule has 2 aromatic rings. The Bertz CT molecular complexity index is 612. The summed E-state index contributed by atoms with van der Waals surface area (Å²) < 4.78 is 1.08. The van der Waals surface area contributed by atoms with Crippen LogP contribution in [0.5, 0.6) is 0 Å². The number of carbonyl (C=O) groups excluding carboxylic acids is 1. The molecule has 0 heterocycles. The van der Waals surface area contributed by atoms with Crippen molar-refractivity contribution in [2.75, 3.05) is 19.8 Å². The van der Waals surface area contributed by atoms with Crippen molar-refractivity contribution in [1.29, 1.82) is 0 Å². The lowest BCUT2D eigenvalue weighted by Gasteiger charge is -2.16. The van der Waals surface area contributed by atoms with Crippen LogP contribution in [0.3, 0.4) is 0 Å². The first kappa shape index (κ1) is 16.3. The fourth-order valence-corrected chi connectivity index (χ4v) is 2.91. The van der Waals surface area contributed by atoms with E-state index in [-0.39, 0.29) is 5.78 Å². The Morgan fingerprint density at radius 2 is 1.81 bits per heavy atom. The van der Waals surface area contributed by atoms with E-state index in [4.69, 9.17) is 0 Å². The minimum absolute atomic E-state index is 0.150. The summed E-state index contributed by atoms with van der Waals surface area (Å²) in [4.78, 5) is 15.5. The Kier molecular flexibility index (Phi) is 6.03. The maximum atomic E-state index is 12.3. The summed E-state index contributed by atoms with van der Waals surface area (Å²) in [6, 6.07) is 15.9. The molecule has 0 aromatic heterocycles. The van der Waals surface area contributed by atoms with Crippen molar-refractivity contribution in [3.05, 3.63) is 64.1 Å². The van der Waals surface area contributed by atoms with Crippen LogP contribution in [-0.4, -0.2) is 30.5 Å². The smallest absolute Gasteiger partial charge is 0.176 e. The summed E-state index contributed by atoms with van der Waals surface area (Å²) in [7, 11) is 1.97. The lowest BCUT2D eigenvalue weighted by Crippen LogP contribution is -2.25. The van der Waals surface area contributed by atoms with Gasteiger partial charge in [-0.05, 0) is 37.1 Å². The monoisotopic (exact) mass is 363 g/mol. The second-order valence-electron chi connectivity index (χ2n) is 4.92. The van der Waals surface area contributed by atoms with Crippen molar-refractivity contribution in [2.24, 2.45) is 0 Å². The zero-order chi connectivity index (χ0) is 15.2. The van der Waals surface area contributed by atoms with Gasteiger partial charge in [-0.3, -0.25) is 9.69 Å². The molecule has 4 heteroatoms. The third kappa shape index (κ3) is 4.70. The number of rotatable bonds is 6. The van der Waals surface area contributed by atoms with E-state index in [1.165, 1.54) is 10.5 Å². The zero-order valence-electron chi connectivity index (χ0n) is 12.2. The highest BCUT2D eigenvalue weighted by Crippen LogP contribution is 2.18. The Morgan fingerprint density at radius 1 is 1.14 bits per heavy atom. The molecular formula is C17H18BrNOS. The zero-order valence-corrected chi connectivity index (χ0v) is 14.6. The summed E-state index contributed by atoms with van der Waals surface area (Å²) in [5.41, 5.74) is 1.96. The van der Waals surface area contributed by atoms with Gasteiger partial charge >= 0.3 is 0 Å². The van der Waals surface area contributed by atoms with E-state index >= 15 is 0 Å². The summed E-state index contributed by atoms with van der Waals surface area (Å²) >= 11 is 5.22. The molecular weight excluding hydrogens is 346 g/mol. The lowest BCUT2D eigenvalue weighted by atomic mass is 10.1. The van der Waals surface area contributed by atoms with Gasteiger partial charge in [0.15, 0.2) is 5.78 Å². The van der Waals surface area contributed by atoms with E-state index in [0.29, 0.717) is 6.54 Å². The highest BCUT2D eigenvalue weighted by molar-refractivity contribution is 9.10. The van der Waals surface area contributed by atoms with Crippen LogP contribution in [-0.2, 0) is 6.54 Å². The quantitative estimate of drug-likeness (QED) is 0.557. The van der Waals surface area contributed by atoms with E-state index in [1.54, 1.807) is 11.8 Å². The number of carbonyl (C=O) groups is 1. The number of ketones is 1. The Morgan fingerprint density at radius 3 is 2.43 bits per heavy atom. The summed E-state index contributed by atoms with van der Waals surface area (Å²) in [5.74, 6) is 0.150. The fourth-order valence-electron chi connectivity index (χ4n) is 2.09. The van der Waals surface area contributed by atoms with E-state index in [0.717, 1.165) is 16.6 Å². The number of nitrogens with zero attached hydrogens (tertiary/aromatic N) is 1. The predicted molar refractivity (Wildman–Crippen MR) is 93.0 cm³/mol. The number of thioether (sulfide) groups is 1. The first-order valence-electron chi connectivity index (χ1n) is 6.69. The number of Topliss-reactive ketones (excluding diaryl/α,β-unsaturated/α-hetero) is 1. The molecule has 2 aromatic carbocycles. The highest BCUT2D eigenvalue weighted by Gasteiger charge is 2.10. The van der Waals surface area contributed by atoms with Crippen LogP contribution in [0.4, 0.5) is 0 Å². The van der Waals surface area contributed by atoms with Gasteiger partial charge < -0.3 is 0 Å². The fraction of sp³-hybridized carbons (Fsp3) is 0.235. The molecule has 2 rings (SSSR count). The largest absolute Gasteiger partial charge is 0.295 e. The molecule has 0 spiro atoms. The Hall–Kier alpha value is -1.10. The maximum Gasteiger partial charge on any atom is 0.176 e. The van der Waals surface area contributed by atoms with Gasteiger partial charge in [0, 0.05) is 21.5 Å². The van der Waals surface area contributed by atoms with Gasteiger partial charge in [-0.25, -0.2) is 0 Å². The average Bonchev–Trinajstić information content (AvgIpc) is 2.49. The van der Waals surface area contributed by atoms with Gasteiger partial charge in [0.05, 0.1) is 6.54 Å². The number of likely N-dealkylation sites (N-methyl/N-ethyl adjacent to an activating group) is 1. The summed E-state index contributed by atoms with van der Waals surface area (Å²) in [6.45, 7) is 1.16. The molecule has 21 heavy (non-hydrogen) atoms. The van der Waals surface area contributed by atoms with Crippen LogP contribution in [0.15, 0.2) is 57.9 Å². The van der Waals surface area contributed by atoms with Crippen LogP contribution in [0.2, 0.25) is 0 Å². The molecule has 0 saturated heterocycles. The number of hydrogen-bond donors (Lipinski definition) is 0. The first-order valence-corrected chi connectivity index (χ1v) is 8.71. The van der Waals surface area contributed by atoms with Crippen LogP contribution < -0.4 is 0 Å². The third-order valence-electron chi connectivity index (χ3n) is 3.22. The second kappa shape index (κ2) is 7.78. The summed E-state index contributed by atoms with van der Waals surface area (Å²) in [6.07, 6.45) is 2.03. The molecule has 110 valence electrons. The van der Waals surface area contributed by atoms with E-state index in [2.05, 4.69) is 22.0 Å². The average molecular weight is 364 g/mol. The van der Waals surface area contributed by atoms with Crippen LogP contribution in [0.1, 0.15) is 15.9 Å². The van der Waals surface area contributed by atoms with Gasteiger partial charge in [-0.2, -0.15) is 0 Å². The molecule has 0 aliphatic heterocycles. The van der Waals surface area contributed by atoms with Crippen LogP contribution in [0.25, 0.3) is 0 Å². The SMILES string of the molecule is CSc1ccc(C(=O)CN(C)Cc2ccccc2Br)cc1. The maximum absolute atomic E-state index is 12.3. The second-order valence-corrected chi connectivity index (χ2v) is 6.65. The number of halogens is 1. The minimum Gasteiger partial charge on any atom is -0.295 e. The minimum atomic E-state index is 0.150. The van der Waals surface area contributed by atoms with Gasteiger partial charge in [0.2, 0.25) is 0 Å². The standard InChI is InChI=1S/C17H18BrNOS/c1-19(11-14-5-3-4-6-16(14)18)12-17(20)13-7-9-15(21-2)10-8-13/h3-10H,11-12H2,1-2H3. The van der Waals surface area contributed by atoms with Gasteiger partial charge in [-0.15, -0.1) is 11.8 Å². The van der Waals surface area contributed by atoms with E-state index in [9.17, 15) is 4.79 Å². The van der Waals surface area contributed by atoms with Crippen LogP contribution >= 0.6 is 27.7 Å². The lowest BCUT2D eigenvalue weighted by molar-refractivity contribution is 0.0943. The molecule has 0 aliphatic carbocycles. The van der Waals surface area contributed by atoms with Crippen molar-refractivity contribution < 1.29 is 4.79 Å². The molecule has 0 atom stereocenters. The molecule has 0 radical (unpaired) electrons.